The third-order valence-electron chi connectivity index (χ3n) is 6.98. The number of piperazine rings is 1. The molecule has 204 valence electrons. The third-order valence-corrected chi connectivity index (χ3v) is 6.98. The van der Waals surface area contributed by atoms with Crippen LogP contribution in [0.4, 0.5) is 5.69 Å². The van der Waals surface area contributed by atoms with Crippen molar-refractivity contribution in [3.05, 3.63) is 77.0 Å². The molecule has 2 heterocycles. The first kappa shape index (κ1) is 27.6. The molecule has 1 aliphatic rings. The van der Waals surface area contributed by atoms with Gasteiger partial charge in [0.1, 0.15) is 6.33 Å². The van der Waals surface area contributed by atoms with E-state index in [-0.39, 0.29) is 23.6 Å². The first-order valence-electron chi connectivity index (χ1n) is 13.0. The molecule has 1 atom stereocenters. The van der Waals surface area contributed by atoms with Crippen LogP contribution in [0.15, 0.2) is 65.7 Å². The van der Waals surface area contributed by atoms with E-state index in [1.165, 1.54) is 4.68 Å². The maximum absolute atomic E-state index is 13.2. The minimum atomic E-state index is -0.477. The van der Waals surface area contributed by atoms with E-state index < -0.39 is 6.29 Å². The molecule has 2 aromatic carbocycles. The highest BCUT2D eigenvalue weighted by atomic mass is 16.7. The molecular weight excluding hydrogens is 484 g/mol. The standard InChI is InChI=1S/C28H38N6O4/c1-21(2)34-28(36)33(20-30-34)24-12-10-23(11-13-24)32-16-14-31(15-17-32)19-25(22-8-6-5-7-9-22)27(35)29-18-26(37-3)38-4/h5-13,20-21,25-26H,14-19H2,1-4H3,(H,29,35). The van der Waals surface area contributed by atoms with E-state index >= 15 is 0 Å². The zero-order valence-corrected chi connectivity index (χ0v) is 22.6. The van der Waals surface area contributed by atoms with Gasteiger partial charge < -0.3 is 19.7 Å². The Bertz CT molecular complexity index is 1210. The minimum Gasteiger partial charge on any atom is -0.369 e. The van der Waals surface area contributed by atoms with Crippen LogP contribution in [0.3, 0.4) is 0 Å². The first-order valence-corrected chi connectivity index (χ1v) is 13.0. The average molecular weight is 523 g/mol. The number of hydrogen-bond donors (Lipinski definition) is 1. The van der Waals surface area contributed by atoms with Crippen LogP contribution >= 0.6 is 0 Å². The summed E-state index contributed by atoms with van der Waals surface area (Å²) in [4.78, 5) is 30.4. The largest absolute Gasteiger partial charge is 0.369 e. The summed E-state index contributed by atoms with van der Waals surface area (Å²) in [5, 5.41) is 7.19. The van der Waals surface area contributed by atoms with Crippen molar-refractivity contribution in [3.63, 3.8) is 0 Å². The Kier molecular flexibility index (Phi) is 9.33. The van der Waals surface area contributed by atoms with Gasteiger partial charge in [-0.25, -0.2) is 14.0 Å². The number of nitrogens with one attached hydrogen (secondary N) is 1. The molecule has 0 bridgehead atoms. The number of ether oxygens (including phenoxy) is 2. The van der Waals surface area contributed by atoms with Crippen LogP contribution in [0, 0.1) is 0 Å². The topological polar surface area (TPSA) is 93.9 Å². The number of amides is 1. The molecule has 4 rings (SSSR count). The van der Waals surface area contributed by atoms with Crippen molar-refractivity contribution < 1.29 is 14.3 Å². The van der Waals surface area contributed by atoms with E-state index in [0.29, 0.717) is 13.1 Å². The van der Waals surface area contributed by atoms with E-state index in [2.05, 4.69) is 20.2 Å². The van der Waals surface area contributed by atoms with E-state index in [1.807, 2.05) is 68.4 Å². The monoisotopic (exact) mass is 522 g/mol. The van der Waals surface area contributed by atoms with Gasteiger partial charge in [0, 0.05) is 52.6 Å². The Balaban J connectivity index is 1.37. The fourth-order valence-corrected chi connectivity index (χ4v) is 4.71. The Morgan fingerprint density at radius 1 is 0.947 bits per heavy atom. The summed E-state index contributed by atoms with van der Waals surface area (Å²) in [6.07, 6.45) is 1.09. The van der Waals surface area contributed by atoms with E-state index in [1.54, 1.807) is 25.1 Å². The van der Waals surface area contributed by atoms with Crippen molar-refractivity contribution >= 4 is 11.6 Å². The van der Waals surface area contributed by atoms with Crippen molar-refractivity contribution in [2.75, 3.05) is 58.4 Å². The van der Waals surface area contributed by atoms with Crippen LogP contribution in [0.1, 0.15) is 31.4 Å². The number of benzene rings is 2. The van der Waals surface area contributed by atoms with Crippen LogP contribution in [0.5, 0.6) is 0 Å². The van der Waals surface area contributed by atoms with Gasteiger partial charge in [-0.3, -0.25) is 9.69 Å². The molecule has 3 aromatic rings. The molecule has 0 aliphatic carbocycles. The lowest BCUT2D eigenvalue weighted by Crippen LogP contribution is -2.49. The molecule has 1 aliphatic heterocycles. The van der Waals surface area contributed by atoms with Gasteiger partial charge in [-0.05, 0) is 43.7 Å². The summed E-state index contributed by atoms with van der Waals surface area (Å²) in [7, 11) is 3.12. The molecule has 38 heavy (non-hydrogen) atoms. The van der Waals surface area contributed by atoms with Gasteiger partial charge in [0.15, 0.2) is 6.29 Å². The molecule has 1 N–H and O–H groups in total. The van der Waals surface area contributed by atoms with Crippen molar-refractivity contribution in [1.29, 1.82) is 0 Å². The normalized spacial score (nSPS) is 15.3. The zero-order chi connectivity index (χ0) is 27.1. The number of aromatic nitrogens is 3. The van der Waals surface area contributed by atoms with Crippen LogP contribution < -0.4 is 15.9 Å². The maximum atomic E-state index is 13.2. The number of anilines is 1. The van der Waals surface area contributed by atoms with Gasteiger partial charge >= 0.3 is 5.69 Å². The Hall–Kier alpha value is -3.47. The van der Waals surface area contributed by atoms with Gasteiger partial charge in [0.05, 0.1) is 24.2 Å². The smallest absolute Gasteiger partial charge is 0.350 e. The quantitative estimate of drug-likeness (QED) is 0.386. The maximum Gasteiger partial charge on any atom is 0.350 e. The summed E-state index contributed by atoms with van der Waals surface area (Å²) in [6.45, 7) is 8.20. The van der Waals surface area contributed by atoms with E-state index in [0.717, 1.165) is 43.1 Å². The third kappa shape index (κ3) is 6.50. The molecule has 10 nitrogen and oxygen atoms in total. The van der Waals surface area contributed by atoms with Crippen molar-refractivity contribution in [2.45, 2.75) is 32.1 Å². The van der Waals surface area contributed by atoms with Crippen LogP contribution in [-0.4, -0.2) is 84.9 Å². The zero-order valence-electron chi connectivity index (χ0n) is 22.6. The molecule has 0 spiro atoms. The minimum absolute atomic E-state index is 0.0134. The SMILES string of the molecule is COC(CNC(=O)C(CN1CCN(c2ccc(-n3cnn(C(C)C)c3=O)cc2)CC1)c1ccccc1)OC. The second-order valence-corrected chi connectivity index (χ2v) is 9.74. The molecule has 0 saturated carbocycles. The Labute approximate surface area is 223 Å². The second kappa shape index (κ2) is 12.9. The van der Waals surface area contributed by atoms with Crippen LogP contribution in [0.2, 0.25) is 0 Å². The molecule has 1 aromatic heterocycles. The molecule has 1 fully saturated rings. The second-order valence-electron chi connectivity index (χ2n) is 9.74. The van der Waals surface area contributed by atoms with Crippen molar-refractivity contribution in [3.8, 4) is 5.69 Å². The van der Waals surface area contributed by atoms with Crippen molar-refractivity contribution in [2.24, 2.45) is 0 Å². The molecule has 1 amide bonds. The van der Waals surface area contributed by atoms with Gasteiger partial charge in [-0.15, -0.1) is 0 Å². The van der Waals surface area contributed by atoms with Crippen molar-refractivity contribution in [1.82, 2.24) is 24.6 Å². The summed E-state index contributed by atoms with van der Waals surface area (Å²) in [5.74, 6) is -0.328. The predicted octanol–water partition coefficient (Wildman–Crippen LogP) is 2.26. The predicted molar refractivity (Wildman–Crippen MR) is 147 cm³/mol. The fraction of sp³-hybridized carbons (Fsp3) is 0.464. The lowest BCUT2D eigenvalue weighted by Gasteiger charge is -2.37. The lowest BCUT2D eigenvalue weighted by molar-refractivity contribution is -0.129. The number of hydrogen-bond acceptors (Lipinski definition) is 7. The van der Waals surface area contributed by atoms with Crippen LogP contribution in [-0.2, 0) is 14.3 Å². The average Bonchev–Trinajstić information content (AvgIpc) is 3.34. The molecule has 1 unspecified atom stereocenters. The van der Waals surface area contributed by atoms with Crippen LogP contribution in [0.25, 0.3) is 5.69 Å². The summed E-state index contributed by atoms with van der Waals surface area (Å²) < 4.78 is 13.5. The van der Waals surface area contributed by atoms with E-state index in [4.69, 9.17) is 9.47 Å². The number of nitrogens with zero attached hydrogens (tertiary/aromatic N) is 5. The summed E-state index contributed by atoms with van der Waals surface area (Å²) in [5.41, 5.74) is 2.76. The highest BCUT2D eigenvalue weighted by Gasteiger charge is 2.26. The molecule has 10 heteroatoms. The number of carbonyl (C=O) groups excluding carboxylic acids is 1. The fourth-order valence-electron chi connectivity index (χ4n) is 4.71. The summed E-state index contributed by atoms with van der Waals surface area (Å²) in [6, 6.07) is 17.9. The Morgan fingerprint density at radius 3 is 2.16 bits per heavy atom. The number of rotatable bonds is 11. The lowest BCUT2D eigenvalue weighted by atomic mass is 9.97. The molecular formula is C28H38N6O4. The highest BCUT2D eigenvalue weighted by Crippen LogP contribution is 2.22. The molecule has 0 radical (unpaired) electrons. The summed E-state index contributed by atoms with van der Waals surface area (Å²) >= 11 is 0. The number of carbonyl (C=O) groups is 1. The number of methoxy groups -OCH3 is 2. The Morgan fingerprint density at radius 2 is 1.58 bits per heavy atom. The van der Waals surface area contributed by atoms with E-state index in [9.17, 15) is 9.59 Å². The van der Waals surface area contributed by atoms with Gasteiger partial charge in [-0.1, -0.05) is 30.3 Å². The van der Waals surface area contributed by atoms with Gasteiger partial charge in [0.25, 0.3) is 0 Å². The highest BCUT2D eigenvalue weighted by molar-refractivity contribution is 5.84. The molecule has 1 saturated heterocycles. The first-order chi connectivity index (χ1) is 18.4. The van der Waals surface area contributed by atoms with Gasteiger partial charge in [-0.2, -0.15) is 5.10 Å². The van der Waals surface area contributed by atoms with Gasteiger partial charge in [0.2, 0.25) is 5.91 Å².